The van der Waals surface area contributed by atoms with Crippen LogP contribution in [-0.4, -0.2) is 174 Å². The van der Waals surface area contributed by atoms with Crippen LogP contribution in [-0.2, 0) is 25.7 Å². The molecule has 0 fully saturated rings. The normalized spacial score (nSPS) is 10.9. The zero-order valence-electron chi connectivity index (χ0n) is 54.6. The van der Waals surface area contributed by atoms with Crippen molar-refractivity contribution in [2.45, 2.75) is 39.5 Å². The standard InChI is InChI=1S/C45H57N13O7.C13H16N4O3.C6H12Cl3N/c1-25-13-27(15-30-22-52-43(49)55-40(30)46)18-33(59-3)37(25)63-10-7-58(8-11-64-38-26(2)14-28(19-34(38)60-4)16-31-23-53-44(50)56-41(31)47)9-12-65-39-35(61-5)20-29(21-36(39)62-6)17-32-24-54-45(51)57-42(32)48;1-19-9-4-7(5-10(20-2)11(9)18)3-8-6-16-13(15)17-12(8)14;7-1-4-10(5-2-8)6-3-9/h13-14,18-24H,7-12,15-17H2,1-6H3,(H4,46,49,52,55)(H4,47,50,53,56)(H4,48,51,54,57);4-6,18H,3H2,1-2H3,(H4,14,15,16,17);1-6H2. The third kappa shape index (κ3) is 22.0. The highest BCUT2D eigenvalue weighted by Crippen LogP contribution is 2.41. The molecule has 95 heavy (non-hydrogen) atoms. The van der Waals surface area contributed by atoms with E-state index in [1.807, 2.05) is 50.2 Å². The van der Waals surface area contributed by atoms with Gasteiger partial charge in [0, 0.05) is 130 Å². The number of aromatic nitrogens is 8. The van der Waals surface area contributed by atoms with E-state index in [2.05, 4.69) is 49.7 Å². The molecule has 0 atom stereocenters. The van der Waals surface area contributed by atoms with Gasteiger partial charge in [-0.1, -0.05) is 12.1 Å². The molecule has 0 radical (unpaired) electrons. The third-order valence-electron chi connectivity index (χ3n) is 14.5. The highest BCUT2D eigenvalue weighted by atomic mass is 35.5. The maximum atomic E-state index is 9.85. The van der Waals surface area contributed by atoms with Crippen LogP contribution < -0.4 is 88.5 Å². The number of phenolic OH excluding ortho intramolecular Hbond substituents is 1. The van der Waals surface area contributed by atoms with Crippen LogP contribution in [0.25, 0.3) is 0 Å². The Morgan fingerprint density at radius 2 is 0.600 bits per heavy atom. The summed E-state index contributed by atoms with van der Waals surface area (Å²) < 4.78 is 52.6. The summed E-state index contributed by atoms with van der Waals surface area (Å²) in [6, 6.07) is 15.0. The van der Waals surface area contributed by atoms with Crippen molar-refractivity contribution in [3.05, 3.63) is 129 Å². The van der Waals surface area contributed by atoms with E-state index in [1.165, 1.54) is 14.2 Å². The van der Waals surface area contributed by atoms with E-state index in [9.17, 15) is 5.11 Å². The van der Waals surface area contributed by atoms with Crippen molar-refractivity contribution in [2.24, 2.45) is 0 Å². The van der Waals surface area contributed by atoms with Gasteiger partial charge in [0.25, 0.3) is 0 Å². The topological polar surface area (TPSA) is 421 Å². The second-order valence-electron chi connectivity index (χ2n) is 21.1. The van der Waals surface area contributed by atoms with Crippen LogP contribution in [0.2, 0.25) is 0 Å². The van der Waals surface area contributed by atoms with E-state index < -0.39 is 0 Å². The van der Waals surface area contributed by atoms with Gasteiger partial charge in [0.1, 0.15) is 43.1 Å². The van der Waals surface area contributed by atoms with Crippen LogP contribution in [0.15, 0.2) is 73.3 Å². The molecule has 0 spiro atoms. The Hall–Kier alpha value is -9.61. The predicted octanol–water partition coefficient (Wildman–Crippen LogP) is 6.77. The van der Waals surface area contributed by atoms with Gasteiger partial charge in [-0.05, 0) is 83.6 Å². The van der Waals surface area contributed by atoms with Gasteiger partial charge >= 0.3 is 0 Å². The van der Waals surface area contributed by atoms with Gasteiger partial charge in [-0.25, -0.2) is 19.9 Å². The number of hydrogen-bond acceptors (Lipinski definition) is 28. The van der Waals surface area contributed by atoms with Gasteiger partial charge in [0.05, 0.1) is 42.7 Å². The molecule has 0 aliphatic carbocycles. The monoisotopic (exact) mass is 1370 g/mol. The molecule has 0 saturated heterocycles. The fourth-order valence-corrected chi connectivity index (χ4v) is 10.5. The number of hydrogen-bond donors (Lipinski definition) is 9. The highest BCUT2D eigenvalue weighted by Gasteiger charge is 2.21. The molecule has 4 heterocycles. The number of aromatic hydroxyl groups is 1. The average molecular weight is 1370 g/mol. The molecule has 0 unspecified atom stereocenters. The molecule has 28 nitrogen and oxygen atoms in total. The van der Waals surface area contributed by atoms with E-state index in [4.69, 9.17) is 123 Å². The first-order valence-corrected chi connectivity index (χ1v) is 31.3. The Morgan fingerprint density at radius 3 is 0.863 bits per heavy atom. The van der Waals surface area contributed by atoms with Gasteiger partial charge in [0.2, 0.25) is 35.3 Å². The van der Waals surface area contributed by atoms with E-state index in [0.717, 1.165) is 69.7 Å². The molecule has 8 rings (SSSR count). The summed E-state index contributed by atoms with van der Waals surface area (Å²) in [7, 11) is 9.30. The number of nitrogens with zero attached hydrogens (tertiary/aromatic N) is 10. The van der Waals surface area contributed by atoms with Crippen LogP contribution in [0.3, 0.4) is 0 Å². The van der Waals surface area contributed by atoms with Crippen LogP contribution in [0.4, 0.5) is 47.1 Å². The number of ether oxygens (including phenoxy) is 9. The number of rotatable bonds is 32. The van der Waals surface area contributed by atoms with Crippen molar-refractivity contribution in [3.8, 4) is 57.5 Å². The molecular formula is C64H85Cl3N18O10. The van der Waals surface area contributed by atoms with Gasteiger partial charge in [-0.15, -0.1) is 34.8 Å². The Bertz CT molecular complexity index is 3610. The first kappa shape index (κ1) is 74.4. The second-order valence-corrected chi connectivity index (χ2v) is 22.3. The number of nitrogens with two attached hydrogens (primary N) is 8. The van der Waals surface area contributed by atoms with Crippen LogP contribution >= 0.6 is 34.8 Å². The molecule has 0 aliphatic heterocycles. The highest BCUT2D eigenvalue weighted by molar-refractivity contribution is 6.18. The van der Waals surface area contributed by atoms with Crippen LogP contribution in [0.1, 0.15) is 55.6 Å². The van der Waals surface area contributed by atoms with E-state index in [1.54, 1.807) is 65.4 Å². The first-order chi connectivity index (χ1) is 45.7. The maximum absolute atomic E-state index is 9.85. The smallest absolute Gasteiger partial charge is 0.221 e. The summed E-state index contributed by atoms with van der Waals surface area (Å²) in [5, 5.41) is 9.85. The van der Waals surface area contributed by atoms with Crippen molar-refractivity contribution in [2.75, 3.05) is 165 Å². The molecule has 8 aromatic rings. The Balaban J connectivity index is 0.000000388. The first-order valence-electron chi connectivity index (χ1n) is 29.7. The second kappa shape index (κ2) is 37.3. The molecular weight excluding hydrogens is 1290 g/mol. The number of anilines is 8. The lowest BCUT2D eigenvalue weighted by Gasteiger charge is -2.24. The number of nitrogen functional groups attached to an aromatic ring is 8. The number of aryl methyl sites for hydroxylation is 2. The Kier molecular flexibility index (Phi) is 29.2. The van der Waals surface area contributed by atoms with Crippen LogP contribution in [0.5, 0.6) is 57.5 Å². The SMILES string of the molecule is COc1cc(Cc2cnc(N)nc2N)cc(C)c1OCCN(CCOc1c(C)cc(Cc2cnc(N)nc2N)cc1OC)CCOc1c(OC)cc(Cc2cnc(N)nc2N)cc1OC.COc1cc(Cc2cnc(N)nc2N)cc(OC)c1O.ClCCN(CCCl)CCCl. The summed E-state index contributed by atoms with van der Waals surface area (Å²) in [5.74, 6) is 8.15. The lowest BCUT2D eigenvalue weighted by molar-refractivity contribution is 0.148. The summed E-state index contributed by atoms with van der Waals surface area (Å²) in [6.45, 7) is 8.98. The number of alkyl halides is 3. The molecule has 17 N–H and O–H groups in total. The summed E-state index contributed by atoms with van der Waals surface area (Å²) in [4.78, 5) is 36.7. The largest absolute Gasteiger partial charge is 0.502 e. The molecule has 31 heteroatoms. The molecule has 0 saturated carbocycles. The van der Waals surface area contributed by atoms with E-state index >= 15 is 0 Å². The van der Waals surface area contributed by atoms with Gasteiger partial charge in [-0.2, -0.15) is 19.9 Å². The number of halogens is 3. The van der Waals surface area contributed by atoms with Crippen molar-refractivity contribution in [3.63, 3.8) is 0 Å². The quantitative estimate of drug-likeness (QED) is 0.0196. The molecule has 0 amide bonds. The fourth-order valence-electron chi connectivity index (χ4n) is 9.75. The average Bonchev–Trinajstić information content (AvgIpc) is 0.908. The van der Waals surface area contributed by atoms with Crippen molar-refractivity contribution >= 4 is 81.9 Å². The zero-order valence-corrected chi connectivity index (χ0v) is 56.9. The zero-order chi connectivity index (χ0) is 69.1. The van der Waals surface area contributed by atoms with Gasteiger partial charge in [-0.3, -0.25) is 9.80 Å². The van der Waals surface area contributed by atoms with Crippen LogP contribution in [0, 0.1) is 13.8 Å². The molecule has 0 bridgehead atoms. The molecule has 0 aliphatic rings. The van der Waals surface area contributed by atoms with E-state index in [0.29, 0.717) is 157 Å². The molecule has 512 valence electrons. The fraction of sp³-hybridized carbons (Fsp3) is 0.375. The molecule has 4 aromatic heterocycles. The van der Waals surface area contributed by atoms with Crippen molar-refractivity contribution < 1.29 is 47.7 Å². The minimum atomic E-state index is -0.0414. The summed E-state index contributed by atoms with van der Waals surface area (Å²) in [6.07, 6.45) is 8.30. The number of phenols is 1. The lowest BCUT2D eigenvalue weighted by Crippen LogP contribution is -2.35. The third-order valence-corrected chi connectivity index (χ3v) is 15.0. The number of benzene rings is 4. The minimum absolute atomic E-state index is 0.0414. The molecule has 4 aromatic carbocycles. The summed E-state index contributed by atoms with van der Waals surface area (Å²) in [5.41, 5.74) is 55.0. The van der Waals surface area contributed by atoms with Crippen molar-refractivity contribution in [1.29, 1.82) is 0 Å². The Morgan fingerprint density at radius 1 is 0.358 bits per heavy atom. The van der Waals surface area contributed by atoms with Gasteiger partial charge in [0.15, 0.2) is 46.0 Å². The summed E-state index contributed by atoms with van der Waals surface area (Å²) >= 11 is 16.6. The Labute approximate surface area is 567 Å². The lowest BCUT2D eigenvalue weighted by atomic mass is 10.0. The van der Waals surface area contributed by atoms with Crippen molar-refractivity contribution in [1.82, 2.24) is 49.7 Å². The number of methoxy groups -OCH3 is 6. The predicted molar refractivity (Wildman–Crippen MR) is 372 cm³/mol. The minimum Gasteiger partial charge on any atom is -0.502 e. The van der Waals surface area contributed by atoms with Gasteiger partial charge < -0.3 is 93.6 Å². The van der Waals surface area contributed by atoms with E-state index in [-0.39, 0.29) is 36.1 Å². The maximum Gasteiger partial charge on any atom is 0.221 e.